The molecule has 2 atom stereocenters. The summed E-state index contributed by atoms with van der Waals surface area (Å²) in [6.07, 6.45) is 0.963. The maximum absolute atomic E-state index is 13.8. The van der Waals surface area contributed by atoms with E-state index in [1.807, 2.05) is 12.1 Å². The van der Waals surface area contributed by atoms with Crippen LogP contribution in [0.3, 0.4) is 0 Å². The minimum atomic E-state index is -1.55. The van der Waals surface area contributed by atoms with Crippen LogP contribution in [-0.2, 0) is 21.6 Å². The fourth-order valence-corrected chi connectivity index (χ4v) is 10.8. The number of nitrogens with two attached hydrogens (primary N) is 2. The molecule has 57 heavy (non-hydrogen) atoms. The first-order valence-electron chi connectivity index (χ1n) is 17.2. The third kappa shape index (κ3) is 8.37. The van der Waals surface area contributed by atoms with E-state index < -0.39 is 35.7 Å². The number of hydrogen-bond donors (Lipinski definition) is 6. The van der Waals surface area contributed by atoms with Gasteiger partial charge in [-0.3, -0.25) is 10.1 Å². The number of halogens is 4. The first-order valence-corrected chi connectivity index (χ1v) is 21.5. The number of carbonyl (C=O) groups is 3. The standard InChI is InChI=1S/C40H31I4N3O10/c41-27-10-18(12-31(37(50)51)47-34(46)2-1-9-45)11-28(42)35(27)54-22-16-29(43)36(30(44)17-22)56-38(52)19-3-6-23-26(13-19)40(57-39(23)53)24-7-4-20(48)14-32(24)55-33-15-21(49)5-8-25(33)40/h3-8,10-11,13-17,31,34,47-49H,1-2,9,12,45-46H2,(H,50,51)/t31-,34?/m1/s1. The van der Waals surface area contributed by atoms with Crippen molar-refractivity contribution in [3.8, 4) is 40.2 Å². The maximum atomic E-state index is 13.8. The molecule has 13 nitrogen and oxygen atoms in total. The predicted molar refractivity (Wildman–Crippen MR) is 241 cm³/mol. The number of phenols is 2. The quantitative estimate of drug-likeness (QED) is 0.0306. The second kappa shape index (κ2) is 17.0. The van der Waals surface area contributed by atoms with Gasteiger partial charge in [0.2, 0.25) is 0 Å². The summed E-state index contributed by atoms with van der Waals surface area (Å²) in [4.78, 5) is 39.2. The molecule has 2 aliphatic heterocycles. The second-order valence-corrected chi connectivity index (χ2v) is 17.8. The Hall–Kier alpha value is -3.49. The van der Waals surface area contributed by atoms with Gasteiger partial charge in [0.05, 0.1) is 31.6 Å². The number of fused-ring (bicyclic) bond motifs is 6. The summed E-state index contributed by atoms with van der Waals surface area (Å²) in [7, 11) is 0. The van der Waals surface area contributed by atoms with Gasteiger partial charge in [-0.2, -0.15) is 0 Å². The van der Waals surface area contributed by atoms with E-state index in [-0.39, 0.29) is 40.5 Å². The van der Waals surface area contributed by atoms with Gasteiger partial charge in [-0.15, -0.1) is 0 Å². The lowest BCUT2D eigenvalue weighted by molar-refractivity contribution is -0.139. The molecule has 5 aromatic carbocycles. The number of benzene rings is 5. The largest absolute Gasteiger partial charge is 0.508 e. The Morgan fingerprint density at radius 1 is 0.807 bits per heavy atom. The van der Waals surface area contributed by atoms with E-state index in [0.29, 0.717) is 60.5 Å². The number of carboxylic acids is 1. The topological polar surface area (TPSA) is 213 Å². The van der Waals surface area contributed by atoms with Gasteiger partial charge in [0.25, 0.3) is 0 Å². The highest BCUT2D eigenvalue weighted by Crippen LogP contribution is 2.57. The van der Waals surface area contributed by atoms with E-state index in [2.05, 4.69) is 95.7 Å². The summed E-state index contributed by atoms with van der Waals surface area (Å²) in [5.74, 6) is -0.648. The highest BCUT2D eigenvalue weighted by Gasteiger charge is 2.54. The van der Waals surface area contributed by atoms with Crippen LogP contribution in [0.15, 0.2) is 78.9 Å². The van der Waals surface area contributed by atoms with Gasteiger partial charge in [-0.25, -0.2) is 9.59 Å². The summed E-state index contributed by atoms with van der Waals surface area (Å²) >= 11 is 8.45. The lowest BCUT2D eigenvalue weighted by Gasteiger charge is -2.36. The molecule has 0 bridgehead atoms. The minimum absolute atomic E-state index is 0.0763. The van der Waals surface area contributed by atoms with Crippen molar-refractivity contribution in [2.24, 2.45) is 11.5 Å². The number of hydrogen-bond acceptors (Lipinski definition) is 12. The van der Waals surface area contributed by atoms with Crippen LogP contribution in [0.5, 0.6) is 40.2 Å². The van der Waals surface area contributed by atoms with Crippen molar-refractivity contribution < 1.29 is 48.7 Å². The Morgan fingerprint density at radius 2 is 1.40 bits per heavy atom. The molecule has 1 unspecified atom stereocenters. The van der Waals surface area contributed by atoms with Crippen LogP contribution in [0.1, 0.15) is 55.8 Å². The normalized spacial score (nSPS) is 14.5. The van der Waals surface area contributed by atoms with E-state index in [1.165, 1.54) is 36.4 Å². The van der Waals surface area contributed by atoms with Crippen LogP contribution in [0.4, 0.5) is 0 Å². The third-order valence-corrected chi connectivity index (χ3v) is 12.5. The summed E-state index contributed by atoms with van der Waals surface area (Å²) in [6.45, 7) is 0.471. The Bertz CT molecular complexity index is 2370. The molecule has 2 aliphatic rings. The van der Waals surface area contributed by atoms with Gasteiger partial charge in [0, 0.05) is 28.8 Å². The highest BCUT2D eigenvalue weighted by atomic mass is 127. The average molecular weight is 1220 g/mol. The van der Waals surface area contributed by atoms with Crippen molar-refractivity contribution in [2.75, 3.05) is 6.54 Å². The van der Waals surface area contributed by atoms with Crippen LogP contribution in [0, 0.1) is 14.3 Å². The smallest absolute Gasteiger partial charge is 0.343 e. The Morgan fingerprint density at radius 3 is 1.98 bits per heavy atom. The van der Waals surface area contributed by atoms with Gasteiger partial charge in [0.1, 0.15) is 34.8 Å². The zero-order valence-corrected chi connectivity index (χ0v) is 38.0. The number of aromatic hydroxyl groups is 2. The molecule has 0 amide bonds. The molecule has 0 radical (unpaired) electrons. The van der Waals surface area contributed by atoms with Crippen molar-refractivity contribution >= 4 is 108 Å². The lowest BCUT2D eigenvalue weighted by Crippen LogP contribution is -2.49. The zero-order chi connectivity index (χ0) is 40.8. The molecular weight excluding hydrogens is 1190 g/mol. The Kier molecular flexibility index (Phi) is 12.4. The van der Waals surface area contributed by atoms with Crippen molar-refractivity contribution in [1.29, 1.82) is 0 Å². The van der Waals surface area contributed by atoms with Crippen molar-refractivity contribution in [3.05, 3.63) is 127 Å². The lowest BCUT2D eigenvalue weighted by atomic mass is 9.77. The molecule has 0 saturated heterocycles. The summed E-state index contributed by atoms with van der Waals surface area (Å²) in [6, 6.07) is 19.8. The van der Waals surface area contributed by atoms with E-state index >= 15 is 0 Å². The van der Waals surface area contributed by atoms with Crippen LogP contribution in [0.25, 0.3) is 0 Å². The molecule has 5 aromatic rings. The van der Waals surface area contributed by atoms with Crippen molar-refractivity contribution in [3.63, 3.8) is 0 Å². The predicted octanol–water partition coefficient (Wildman–Crippen LogP) is 7.70. The first kappa shape index (κ1) is 41.7. The molecular formula is C40H31I4N3O10. The summed E-state index contributed by atoms with van der Waals surface area (Å²) in [5, 5.41) is 33.3. The molecule has 2 heterocycles. The molecule has 0 aromatic heterocycles. The third-order valence-electron chi connectivity index (χ3n) is 9.33. The monoisotopic (exact) mass is 1220 g/mol. The Labute approximate surface area is 380 Å². The maximum Gasteiger partial charge on any atom is 0.343 e. The number of carboxylic acid groups (broad SMARTS) is 1. The molecule has 1 spiro atoms. The van der Waals surface area contributed by atoms with Gasteiger partial charge in [-0.05, 0) is 188 Å². The average Bonchev–Trinajstić information content (AvgIpc) is 3.44. The fourth-order valence-electron chi connectivity index (χ4n) is 6.75. The molecule has 7 rings (SSSR count). The molecule has 294 valence electrons. The van der Waals surface area contributed by atoms with Crippen LogP contribution < -0.4 is 31.0 Å². The first-order chi connectivity index (χ1) is 27.2. The number of phenolic OH excluding ortho intramolecular Hbond substituents is 2. The van der Waals surface area contributed by atoms with Gasteiger partial charge >= 0.3 is 17.9 Å². The number of aliphatic carboxylic acids is 1. The molecule has 17 heteroatoms. The molecule has 0 fully saturated rings. The van der Waals surface area contributed by atoms with Crippen LogP contribution >= 0.6 is 90.4 Å². The highest BCUT2D eigenvalue weighted by molar-refractivity contribution is 14.1. The summed E-state index contributed by atoms with van der Waals surface area (Å²) < 4.78 is 27.2. The number of ether oxygens (including phenoxy) is 4. The molecule has 0 saturated carbocycles. The Balaban J connectivity index is 1.13. The second-order valence-electron chi connectivity index (χ2n) is 13.2. The fraction of sp³-hybridized carbons (Fsp3) is 0.175. The summed E-state index contributed by atoms with van der Waals surface area (Å²) in [5.41, 5.74) is 12.5. The van der Waals surface area contributed by atoms with E-state index in [9.17, 15) is 29.7 Å². The number of carbonyl (C=O) groups excluding carboxylic acids is 2. The number of rotatable bonds is 12. The van der Waals surface area contributed by atoms with Gasteiger partial charge < -0.3 is 45.7 Å². The minimum Gasteiger partial charge on any atom is -0.508 e. The van der Waals surface area contributed by atoms with Crippen molar-refractivity contribution in [1.82, 2.24) is 5.32 Å². The van der Waals surface area contributed by atoms with Gasteiger partial charge in [-0.1, -0.05) is 0 Å². The molecule has 8 N–H and O–H groups in total. The SMILES string of the molecule is NCCCC(N)N[C@H](Cc1cc(I)c(Oc2cc(I)c(OC(=O)c3ccc4c(c3)C3(OC4=O)c4ccc(O)cc4Oc4cc(O)ccc43)c(I)c2)c(I)c1)C(=O)O. The van der Waals surface area contributed by atoms with E-state index in [1.54, 1.807) is 30.3 Å². The van der Waals surface area contributed by atoms with E-state index in [0.717, 1.165) is 12.7 Å². The zero-order valence-electron chi connectivity index (χ0n) is 29.4. The molecule has 0 aliphatic carbocycles. The van der Waals surface area contributed by atoms with Gasteiger partial charge in [0.15, 0.2) is 17.1 Å². The van der Waals surface area contributed by atoms with E-state index in [4.69, 9.17) is 30.4 Å². The van der Waals surface area contributed by atoms with Crippen LogP contribution in [-0.4, -0.2) is 52.0 Å². The number of esters is 2. The van der Waals surface area contributed by atoms with Crippen LogP contribution in [0.2, 0.25) is 0 Å². The van der Waals surface area contributed by atoms with Crippen molar-refractivity contribution in [2.45, 2.75) is 37.1 Å². The number of nitrogens with one attached hydrogen (secondary N) is 1.